The summed E-state index contributed by atoms with van der Waals surface area (Å²) in [6.07, 6.45) is 0.171. The first-order valence-electron chi connectivity index (χ1n) is 4.65. The minimum absolute atomic E-state index is 0.171. The van der Waals surface area contributed by atoms with Gasteiger partial charge in [0.2, 0.25) is 0 Å². The average molecular weight is 214 g/mol. The zero-order valence-electron chi connectivity index (χ0n) is 8.69. The summed E-state index contributed by atoms with van der Waals surface area (Å²) >= 11 is 0. The van der Waals surface area contributed by atoms with Gasteiger partial charge < -0.3 is 9.26 Å². The maximum Gasteiger partial charge on any atom is 0.281 e. The Balaban J connectivity index is 0.000000461. The SMILES string of the molecule is CC.CP1(=O)COc2ccccc2O1. The lowest BCUT2D eigenvalue weighted by Gasteiger charge is -2.23. The smallest absolute Gasteiger partial charge is 0.281 e. The fraction of sp³-hybridized carbons (Fsp3) is 0.400. The molecule has 1 aromatic carbocycles. The molecule has 1 heterocycles. The van der Waals surface area contributed by atoms with Gasteiger partial charge >= 0.3 is 0 Å². The number of rotatable bonds is 0. The van der Waals surface area contributed by atoms with E-state index in [0.29, 0.717) is 11.5 Å². The lowest BCUT2D eigenvalue weighted by atomic mass is 10.3. The molecule has 0 bridgehead atoms. The molecule has 14 heavy (non-hydrogen) atoms. The summed E-state index contributed by atoms with van der Waals surface area (Å²) in [5.74, 6) is 1.25. The second-order valence-electron chi connectivity index (χ2n) is 2.83. The zero-order valence-corrected chi connectivity index (χ0v) is 9.58. The van der Waals surface area contributed by atoms with Gasteiger partial charge in [-0.25, -0.2) is 0 Å². The van der Waals surface area contributed by atoms with Gasteiger partial charge in [-0.05, 0) is 12.1 Å². The van der Waals surface area contributed by atoms with Crippen LogP contribution in [0.4, 0.5) is 0 Å². The summed E-state index contributed by atoms with van der Waals surface area (Å²) < 4.78 is 21.9. The highest BCUT2D eigenvalue weighted by atomic mass is 31.2. The molecule has 0 saturated heterocycles. The molecule has 0 N–H and O–H groups in total. The third-order valence-corrected chi connectivity index (χ3v) is 2.78. The molecule has 0 aromatic heterocycles. The van der Waals surface area contributed by atoms with E-state index < -0.39 is 7.37 Å². The Labute approximate surface area is 84.5 Å². The van der Waals surface area contributed by atoms with Crippen LogP contribution in [0.25, 0.3) is 0 Å². The zero-order chi connectivity index (χ0) is 10.6. The van der Waals surface area contributed by atoms with Crippen LogP contribution in [-0.2, 0) is 4.57 Å². The quantitative estimate of drug-likeness (QED) is 0.621. The van der Waals surface area contributed by atoms with E-state index in [4.69, 9.17) is 9.26 Å². The van der Waals surface area contributed by atoms with Gasteiger partial charge in [0, 0.05) is 6.66 Å². The number of ether oxygens (including phenoxy) is 1. The van der Waals surface area contributed by atoms with Crippen LogP contribution in [0.5, 0.6) is 11.5 Å². The van der Waals surface area contributed by atoms with Crippen LogP contribution in [-0.4, -0.2) is 13.0 Å². The maximum atomic E-state index is 11.4. The summed E-state index contributed by atoms with van der Waals surface area (Å²) in [5, 5.41) is 0. The van der Waals surface area contributed by atoms with E-state index in [1.54, 1.807) is 18.8 Å². The fourth-order valence-electron chi connectivity index (χ4n) is 1.07. The Morgan fingerprint density at radius 2 is 1.79 bits per heavy atom. The van der Waals surface area contributed by atoms with Crippen molar-refractivity contribution >= 4 is 7.37 Å². The van der Waals surface area contributed by atoms with Gasteiger partial charge in [0.15, 0.2) is 17.8 Å². The molecule has 0 amide bonds. The van der Waals surface area contributed by atoms with Crippen LogP contribution in [0.15, 0.2) is 24.3 Å². The largest absolute Gasteiger partial charge is 0.478 e. The van der Waals surface area contributed by atoms with Crippen LogP contribution in [0.2, 0.25) is 0 Å². The van der Waals surface area contributed by atoms with Crippen molar-refractivity contribution in [3.63, 3.8) is 0 Å². The van der Waals surface area contributed by atoms with Crippen molar-refractivity contribution in [1.82, 2.24) is 0 Å². The number of para-hydroxylation sites is 2. The van der Waals surface area contributed by atoms with Gasteiger partial charge in [-0.3, -0.25) is 4.57 Å². The van der Waals surface area contributed by atoms with Crippen molar-refractivity contribution in [3.8, 4) is 11.5 Å². The van der Waals surface area contributed by atoms with Crippen LogP contribution >= 0.6 is 7.37 Å². The van der Waals surface area contributed by atoms with Crippen LogP contribution in [0.3, 0.4) is 0 Å². The van der Waals surface area contributed by atoms with Gasteiger partial charge in [-0.2, -0.15) is 0 Å². The van der Waals surface area contributed by atoms with Gasteiger partial charge in [-0.1, -0.05) is 26.0 Å². The molecule has 3 nitrogen and oxygen atoms in total. The van der Waals surface area contributed by atoms with Crippen LogP contribution in [0, 0.1) is 0 Å². The van der Waals surface area contributed by atoms with Gasteiger partial charge in [-0.15, -0.1) is 0 Å². The molecular weight excluding hydrogens is 199 g/mol. The van der Waals surface area contributed by atoms with E-state index in [1.807, 2.05) is 26.0 Å². The molecule has 0 radical (unpaired) electrons. The molecular formula is C10H15O3P. The molecule has 0 spiro atoms. The van der Waals surface area contributed by atoms with Crippen molar-refractivity contribution in [2.45, 2.75) is 13.8 Å². The summed E-state index contributed by atoms with van der Waals surface area (Å²) in [6, 6.07) is 7.24. The third-order valence-electron chi connectivity index (χ3n) is 1.60. The highest BCUT2D eigenvalue weighted by Crippen LogP contribution is 2.50. The van der Waals surface area contributed by atoms with Crippen molar-refractivity contribution in [1.29, 1.82) is 0 Å². The summed E-state index contributed by atoms with van der Waals surface area (Å²) in [4.78, 5) is 0. The number of benzene rings is 1. The first kappa shape index (κ1) is 11.1. The Bertz CT molecular complexity index is 349. The maximum absolute atomic E-state index is 11.4. The summed E-state index contributed by atoms with van der Waals surface area (Å²) in [6.45, 7) is 5.57. The standard InChI is InChI=1S/C8H9O3P.C2H6/c1-12(9)6-10-7-4-2-3-5-8(7)11-12;1-2/h2-5H,6H2,1H3;1-2H3. The van der Waals surface area contributed by atoms with Crippen molar-refractivity contribution < 1.29 is 13.8 Å². The molecule has 1 aromatic rings. The highest BCUT2D eigenvalue weighted by molar-refractivity contribution is 7.58. The fourth-order valence-corrected chi connectivity index (χ4v) is 2.06. The molecule has 1 aliphatic rings. The van der Waals surface area contributed by atoms with Gasteiger partial charge in [0.25, 0.3) is 7.37 Å². The number of hydrogen-bond donors (Lipinski definition) is 0. The minimum atomic E-state index is -2.54. The topological polar surface area (TPSA) is 35.5 Å². The van der Waals surface area contributed by atoms with Crippen molar-refractivity contribution in [2.75, 3.05) is 13.0 Å². The van der Waals surface area contributed by atoms with Gasteiger partial charge in [0.1, 0.15) is 0 Å². The first-order valence-corrected chi connectivity index (χ1v) is 6.91. The molecule has 4 heteroatoms. The normalized spacial score (nSPS) is 23.4. The Morgan fingerprint density at radius 3 is 2.43 bits per heavy atom. The monoisotopic (exact) mass is 214 g/mol. The van der Waals surface area contributed by atoms with Gasteiger partial charge in [0.05, 0.1) is 0 Å². The van der Waals surface area contributed by atoms with E-state index in [2.05, 4.69) is 0 Å². The van der Waals surface area contributed by atoms with E-state index >= 15 is 0 Å². The van der Waals surface area contributed by atoms with E-state index in [-0.39, 0.29) is 6.35 Å². The van der Waals surface area contributed by atoms with E-state index in [9.17, 15) is 4.57 Å². The molecule has 78 valence electrons. The molecule has 0 fully saturated rings. The average Bonchev–Trinajstić information content (AvgIpc) is 2.19. The van der Waals surface area contributed by atoms with Crippen molar-refractivity contribution in [3.05, 3.63) is 24.3 Å². The lowest BCUT2D eigenvalue weighted by Crippen LogP contribution is -2.09. The van der Waals surface area contributed by atoms with Crippen LogP contribution < -0.4 is 9.26 Å². The predicted octanol–water partition coefficient (Wildman–Crippen LogP) is 3.35. The Kier molecular flexibility index (Phi) is 3.59. The molecule has 0 aliphatic carbocycles. The first-order chi connectivity index (χ1) is 6.67. The Morgan fingerprint density at radius 1 is 1.21 bits per heavy atom. The second-order valence-corrected chi connectivity index (χ2v) is 5.29. The second kappa shape index (κ2) is 4.52. The minimum Gasteiger partial charge on any atom is -0.478 e. The molecule has 1 unspecified atom stereocenters. The van der Waals surface area contributed by atoms with E-state index in [1.165, 1.54) is 0 Å². The van der Waals surface area contributed by atoms with Crippen molar-refractivity contribution in [2.24, 2.45) is 0 Å². The summed E-state index contributed by atoms with van der Waals surface area (Å²) in [7, 11) is -2.54. The highest BCUT2D eigenvalue weighted by Gasteiger charge is 2.25. The summed E-state index contributed by atoms with van der Waals surface area (Å²) in [5.41, 5.74) is 0. The molecule has 2 rings (SSSR count). The number of fused-ring (bicyclic) bond motifs is 1. The van der Waals surface area contributed by atoms with Crippen LogP contribution in [0.1, 0.15) is 13.8 Å². The molecule has 1 aliphatic heterocycles. The third kappa shape index (κ3) is 2.52. The van der Waals surface area contributed by atoms with E-state index in [0.717, 1.165) is 0 Å². The Hall–Kier alpha value is -0.950. The molecule has 1 atom stereocenters. The number of hydrogen-bond acceptors (Lipinski definition) is 3. The molecule has 0 saturated carbocycles. The lowest BCUT2D eigenvalue weighted by molar-refractivity contribution is 0.317. The predicted molar refractivity (Wildman–Crippen MR) is 57.4 cm³/mol.